The van der Waals surface area contributed by atoms with Crippen LogP contribution in [0.25, 0.3) is 0 Å². The van der Waals surface area contributed by atoms with Gasteiger partial charge in [-0.3, -0.25) is 9.69 Å². The minimum absolute atomic E-state index is 0.138. The van der Waals surface area contributed by atoms with Gasteiger partial charge in [0.2, 0.25) is 5.91 Å². The second-order valence-corrected chi connectivity index (χ2v) is 7.19. The molecular weight excluding hydrogens is 380 g/mol. The largest absolute Gasteiger partial charge is 0.482 e. The number of rotatable bonds is 7. The van der Waals surface area contributed by atoms with Crippen molar-refractivity contribution < 1.29 is 19.4 Å². The van der Waals surface area contributed by atoms with Crippen LogP contribution in [0.5, 0.6) is 5.75 Å². The van der Waals surface area contributed by atoms with Gasteiger partial charge in [-0.15, -0.1) is 0 Å². The number of hydrogen-bond acceptors (Lipinski definition) is 4. The zero-order chi connectivity index (χ0) is 19.9. The van der Waals surface area contributed by atoms with Gasteiger partial charge in [0.05, 0.1) is 6.42 Å². The number of carboxylic acid groups (broad SMARTS) is 1. The minimum Gasteiger partial charge on any atom is -0.482 e. The number of amides is 1. The molecule has 0 aliphatic carbocycles. The topological polar surface area (TPSA) is 70.1 Å². The van der Waals surface area contributed by atoms with Crippen LogP contribution in [0.2, 0.25) is 5.02 Å². The Hall–Kier alpha value is -2.57. The smallest absolute Gasteiger partial charge is 0.341 e. The molecule has 1 aliphatic rings. The van der Waals surface area contributed by atoms with Gasteiger partial charge in [0.15, 0.2) is 6.61 Å². The van der Waals surface area contributed by atoms with Crippen LogP contribution in [0.3, 0.4) is 0 Å². The summed E-state index contributed by atoms with van der Waals surface area (Å²) in [6, 6.07) is 14.9. The zero-order valence-corrected chi connectivity index (χ0v) is 16.3. The number of halogens is 1. The maximum Gasteiger partial charge on any atom is 0.341 e. The molecule has 0 unspecified atom stereocenters. The number of carbonyl (C=O) groups is 2. The minimum atomic E-state index is -1.02. The number of aliphatic carboxylic acids is 1. The van der Waals surface area contributed by atoms with E-state index in [2.05, 4.69) is 4.90 Å². The van der Waals surface area contributed by atoms with Crippen molar-refractivity contribution in [2.45, 2.75) is 13.0 Å². The normalized spacial score (nSPS) is 14.7. The molecule has 7 heteroatoms. The molecular formula is C21H23ClN2O4. The van der Waals surface area contributed by atoms with Gasteiger partial charge in [-0.25, -0.2) is 4.79 Å². The summed E-state index contributed by atoms with van der Waals surface area (Å²) < 4.78 is 5.37. The maximum absolute atomic E-state index is 12.5. The second-order valence-electron chi connectivity index (χ2n) is 6.75. The van der Waals surface area contributed by atoms with E-state index in [1.807, 2.05) is 35.2 Å². The third-order valence-electron chi connectivity index (χ3n) is 4.69. The fourth-order valence-corrected chi connectivity index (χ4v) is 3.43. The summed E-state index contributed by atoms with van der Waals surface area (Å²) in [6.45, 7) is 3.01. The van der Waals surface area contributed by atoms with Crippen molar-refractivity contribution in [1.29, 1.82) is 0 Å². The molecule has 6 nitrogen and oxygen atoms in total. The van der Waals surface area contributed by atoms with Gasteiger partial charge in [-0.1, -0.05) is 41.9 Å². The Morgan fingerprint density at radius 2 is 1.75 bits per heavy atom. The van der Waals surface area contributed by atoms with E-state index in [-0.39, 0.29) is 5.91 Å². The highest BCUT2D eigenvalue weighted by molar-refractivity contribution is 6.30. The molecule has 28 heavy (non-hydrogen) atoms. The van der Waals surface area contributed by atoms with Gasteiger partial charge in [0, 0.05) is 43.3 Å². The molecule has 0 spiro atoms. The van der Waals surface area contributed by atoms with E-state index in [0.717, 1.165) is 24.2 Å². The summed E-state index contributed by atoms with van der Waals surface area (Å²) in [5.41, 5.74) is 1.87. The van der Waals surface area contributed by atoms with Crippen molar-refractivity contribution in [2.24, 2.45) is 0 Å². The molecule has 1 heterocycles. The van der Waals surface area contributed by atoms with Crippen LogP contribution in [0.4, 0.5) is 0 Å². The second kappa shape index (κ2) is 9.57. The average Bonchev–Trinajstić information content (AvgIpc) is 2.68. The number of carbonyl (C=O) groups excluding carboxylic acids is 1. The van der Waals surface area contributed by atoms with Gasteiger partial charge < -0.3 is 14.7 Å². The highest BCUT2D eigenvalue weighted by Gasteiger charge is 2.22. The first-order valence-corrected chi connectivity index (χ1v) is 9.56. The van der Waals surface area contributed by atoms with Crippen LogP contribution in [-0.2, 0) is 22.6 Å². The van der Waals surface area contributed by atoms with Gasteiger partial charge in [-0.2, -0.15) is 0 Å². The quantitative estimate of drug-likeness (QED) is 0.771. The Balaban J connectivity index is 1.55. The highest BCUT2D eigenvalue weighted by Crippen LogP contribution is 2.25. The number of piperazine rings is 1. The predicted molar refractivity (Wildman–Crippen MR) is 107 cm³/mol. The third kappa shape index (κ3) is 5.71. The number of hydrogen-bond donors (Lipinski definition) is 1. The van der Waals surface area contributed by atoms with E-state index in [1.165, 1.54) is 0 Å². The molecule has 0 radical (unpaired) electrons. The van der Waals surface area contributed by atoms with Crippen LogP contribution in [0.1, 0.15) is 11.1 Å². The van der Waals surface area contributed by atoms with Crippen LogP contribution in [-0.4, -0.2) is 59.6 Å². The Morgan fingerprint density at radius 1 is 1.04 bits per heavy atom. The van der Waals surface area contributed by atoms with Crippen molar-refractivity contribution in [3.8, 4) is 5.75 Å². The molecule has 1 saturated heterocycles. The van der Waals surface area contributed by atoms with Crippen molar-refractivity contribution in [3.63, 3.8) is 0 Å². The van der Waals surface area contributed by atoms with Gasteiger partial charge in [-0.05, 0) is 23.8 Å². The van der Waals surface area contributed by atoms with Crippen LogP contribution in [0, 0.1) is 0 Å². The van der Waals surface area contributed by atoms with E-state index >= 15 is 0 Å². The number of benzene rings is 2. The van der Waals surface area contributed by atoms with Crippen molar-refractivity contribution >= 4 is 23.5 Å². The predicted octanol–water partition coefficient (Wildman–Crippen LogP) is 2.69. The van der Waals surface area contributed by atoms with Crippen LogP contribution in [0.15, 0.2) is 48.5 Å². The van der Waals surface area contributed by atoms with Gasteiger partial charge in [0.25, 0.3) is 0 Å². The third-order valence-corrected chi connectivity index (χ3v) is 4.93. The Bertz CT molecular complexity index is 820. The molecule has 1 amide bonds. The standard InChI is InChI=1S/C21H23ClN2O4/c22-18-6-7-19(28-15-21(26)27)17(13-18)14-23-8-10-24(11-9-23)20(25)12-16-4-2-1-3-5-16/h1-7,13H,8-12,14-15H2,(H,26,27). The lowest BCUT2D eigenvalue weighted by atomic mass is 10.1. The van der Waals surface area contributed by atoms with Crippen molar-refractivity contribution in [3.05, 3.63) is 64.7 Å². The van der Waals surface area contributed by atoms with Crippen LogP contribution < -0.4 is 4.74 Å². The van der Waals surface area contributed by atoms with Crippen LogP contribution >= 0.6 is 11.6 Å². The van der Waals surface area contributed by atoms with Crippen molar-refractivity contribution in [1.82, 2.24) is 9.80 Å². The molecule has 1 fully saturated rings. The lowest BCUT2D eigenvalue weighted by Crippen LogP contribution is -2.48. The molecule has 1 N–H and O–H groups in total. The molecule has 3 rings (SSSR count). The maximum atomic E-state index is 12.5. The lowest BCUT2D eigenvalue weighted by molar-refractivity contribution is -0.139. The molecule has 2 aromatic carbocycles. The van der Waals surface area contributed by atoms with Gasteiger partial charge in [0.1, 0.15) is 5.75 Å². The summed E-state index contributed by atoms with van der Waals surface area (Å²) in [6.07, 6.45) is 0.419. The van der Waals surface area contributed by atoms with E-state index < -0.39 is 12.6 Å². The monoisotopic (exact) mass is 402 g/mol. The number of ether oxygens (including phenoxy) is 1. The van der Waals surface area contributed by atoms with E-state index in [1.54, 1.807) is 18.2 Å². The molecule has 0 aromatic heterocycles. The first-order valence-electron chi connectivity index (χ1n) is 9.18. The number of carboxylic acids is 1. The Morgan fingerprint density at radius 3 is 2.43 bits per heavy atom. The molecule has 2 aromatic rings. The first-order chi connectivity index (χ1) is 13.5. The average molecular weight is 403 g/mol. The summed E-state index contributed by atoms with van der Waals surface area (Å²) in [5, 5.41) is 9.41. The SMILES string of the molecule is O=C(O)COc1ccc(Cl)cc1CN1CCN(C(=O)Cc2ccccc2)CC1. The lowest BCUT2D eigenvalue weighted by Gasteiger charge is -2.35. The molecule has 1 aliphatic heterocycles. The summed E-state index contributed by atoms with van der Waals surface area (Å²) in [7, 11) is 0. The van der Waals surface area contributed by atoms with E-state index in [4.69, 9.17) is 21.4 Å². The molecule has 0 saturated carbocycles. The van der Waals surface area contributed by atoms with Crippen molar-refractivity contribution in [2.75, 3.05) is 32.8 Å². The fourth-order valence-electron chi connectivity index (χ4n) is 3.23. The van der Waals surface area contributed by atoms with E-state index in [0.29, 0.717) is 36.8 Å². The Kier molecular flexibility index (Phi) is 6.90. The highest BCUT2D eigenvalue weighted by atomic mass is 35.5. The van der Waals surface area contributed by atoms with E-state index in [9.17, 15) is 9.59 Å². The number of nitrogens with zero attached hydrogens (tertiary/aromatic N) is 2. The fraction of sp³-hybridized carbons (Fsp3) is 0.333. The van der Waals surface area contributed by atoms with Gasteiger partial charge >= 0.3 is 5.97 Å². The summed E-state index contributed by atoms with van der Waals surface area (Å²) >= 11 is 6.10. The Labute approximate surface area is 169 Å². The molecule has 0 bridgehead atoms. The molecule has 148 valence electrons. The summed E-state index contributed by atoms with van der Waals surface area (Å²) in [4.78, 5) is 27.4. The zero-order valence-electron chi connectivity index (χ0n) is 15.5. The molecule has 0 atom stereocenters. The first kappa shape index (κ1) is 20.2. The summed E-state index contributed by atoms with van der Waals surface area (Å²) in [5.74, 6) is -0.361.